The first kappa shape index (κ1) is 17.3. The molecule has 0 aromatic heterocycles. The molecule has 2 nitrogen and oxygen atoms in total. The molecule has 2 rings (SSSR count). The Balaban J connectivity index is 1.88. The molecule has 0 aromatic carbocycles. The molecular formula is C19H38N2. The first-order valence-corrected chi connectivity index (χ1v) is 9.35. The Hall–Kier alpha value is -0.0800. The van der Waals surface area contributed by atoms with Crippen molar-refractivity contribution in [1.82, 2.24) is 10.2 Å². The highest BCUT2D eigenvalue weighted by Gasteiger charge is 2.38. The summed E-state index contributed by atoms with van der Waals surface area (Å²) in [6.07, 6.45) is 11.3. The van der Waals surface area contributed by atoms with Gasteiger partial charge >= 0.3 is 0 Å². The fraction of sp³-hybridized carbons (Fsp3) is 1.00. The van der Waals surface area contributed by atoms with Gasteiger partial charge in [0.05, 0.1) is 0 Å². The molecular weight excluding hydrogens is 256 g/mol. The monoisotopic (exact) mass is 294 g/mol. The molecule has 0 amide bonds. The van der Waals surface area contributed by atoms with Crippen LogP contribution in [0.1, 0.15) is 72.1 Å². The molecule has 124 valence electrons. The predicted molar refractivity (Wildman–Crippen MR) is 92.6 cm³/mol. The van der Waals surface area contributed by atoms with E-state index >= 15 is 0 Å². The average molecular weight is 295 g/mol. The number of hydrogen-bond acceptors (Lipinski definition) is 2. The van der Waals surface area contributed by atoms with E-state index in [2.05, 4.69) is 45.1 Å². The number of nitrogens with zero attached hydrogens (tertiary/aromatic N) is 1. The summed E-state index contributed by atoms with van der Waals surface area (Å²) in [7, 11) is 4.54. The maximum Gasteiger partial charge on any atom is 0.0156 e. The van der Waals surface area contributed by atoms with Gasteiger partial charge in [-0.15, -0.1) is 0 Å². The fourth-order valence-electron chi connectivity index (χ4n) is 5.12. The van der Waals surface area contributed by atoms with Crippen LogP contribution in [0.25, 0.3) is 0 Å². The summed E-state index contributed by atoms with van der Waals surface area (Å²) in [5.41, 5.74) is 0.457. The molecule has 21 heavy (non-hydrogen) atoms. The lowest BCUT2D eigenvalue weighted by Crippen LogP contribution is -2.52. The van der Waals surface area contributed by atoms with Gasteiger partial charge in [0.25, 0.3) is 0 Å². The maximum atomic E-state index is 3.64. The summed E-state index contributed by atoms with van der Waals surface area (Å²) < 4.78 is 0. The van der Waals surface area contributed by atoms with E-state index < -0.39 is 0 Å². The van der Waals surface area contributed by atoms with Crippen molar-refractivity contribution in [2.24, 2.45) is 17.3 Å². The third kappa shape index (κ3) is 4.22. The molecule has 2 fully saturated rings. The van der Waals surface area contributed by atoms with Crippen molar-refractivity contribution in [2.45, 2.75) is 84.2 Å². The third-order valence-corrected chi connectivity index (χ3v) is 6.56. The van der Waals surface area contributed by atoms with Gasteiger partial charge in [-0.3, -0.25) is 0 Å². The minimum Gasteiger partial charge on any atom is -0.316 e. The van der Waals surface area contributed by atoms with E-state index in [-0.39, 0.29) is 0 Å². The molecule has 0 aliphatic heterocycles. The normalized spacial score (nSPS) is 36.9. The molecule has 2 saturated carbocycles. The van der Waals surface area contributed by atoms with Crippen LogP contribution in [0.5, 0.6) is 0 Å². The molecule has 0 radical (unpaired) electrons. The fourth-order valence-corrected chi connectivity index (χ4v) is 5.12. The van der Waals surface area contributed by atoms with E-state index in [0.29, 0.717) is 11.5 Å². The summed E-state index contributed by atoms with van der Waals surface area (Å²) in [5, 5.41) is 3.64. The lowest BCUT2D eigenvalue weighted by atomic mass is 9.67. The molecule has 2 unspecified atom stereocenters. The van der Waals surface area contributed by atoms with Crippen molar-refractivity contribution in [1.29, 1.82) is 0 Å². The van der Waals surface area contributed by atoms with Crippen molar-refractivity contribution in [3.05, 3.63) is 0 Å². The lowest BCUT2D eigenvalue weighted by Gasteiger charge is -2.46. The Morgan fingerprint density at radius 2 is 1.76 bits per heavy atom. The van der Waals surface area contributed by atoms with Crippen LogP contribution in [0.15, 0.2) is 0 Å². The summed E-state index contributed by atoms with van der Waals surface area (Å²) in [5.74, 6) is 1.83. The van der Waals surface area contributed by atoms with Crippen LogP contribution in [0.3, 0.4) is 0 Å². The van der Waals surface area contributed by atoms with Gasteiger partial charge in [0.15, 0.2) is 0 Å². The van der Waals surface area contributed by atoms with Crippen LogP contribution in [0, 0.1) is 17.3 Å². The van der Waals surface area contributed by atoms with E-state index in [9.17, 15) is 0 Å². The zero-order chi connectivity index (χ0) is 15.5. The van der Waals surface area contributed by atoms with Gasteiger partial charge in [-0.05, 0) is 69.9 Å². The summed E-state index contributed by atoms with van der Waals surface area (Å²) in [4.78, 5) is 2.70. The topological polar surface area (TPSA) is 15.3 Å². The smallest absolute Gasteiger partial charge is 0.0156 e. The summed E-state index contributed by atoms with van der Waals surface area (Å²) >= 11 is 0. The van der Waals surface area contributed by atoms with Crippen LogP contribution in [-0.2, 0) is 0 Å². The molecule has 2 aliphatic rings. The van der Waals surface area contributed by atoms with Gasteiger partial charge in [0.1, 0.15) is 0 Å². The number of rotatable bonds is 5. The molecule has 0 heterocycles. The van der Waals surface area contributed by atoms with Crippen molar-refractivity contribution in [3.63, 3.8) is 0 Å². The van der Waals surface area contributed by atoms with Crippen LogP contribution in [0.2, 0.25) is 0 Å². The van der Waals surface area contributed by atoms with Crippen molar-refractivity contribution in [3.8, 4) is 0 Å². The minimum absolute atomic E-state index is 0.457. The van der Waals surface area contributed by atoms with Gasteiger partial charge < -0.3 is 10.2 Å². The van der Waals surface area contributed by atoms with Crippen molar-refractivity contribution < 1.29 is 0 Å². The van der Waals surface area contributed by atoms with Gasteiger partial charge in [-0.2, -0.15) is 0 Å². The van der Waals surface area contributed by atoms with E-state index in [0.717, 1.165) is 17.9 Å². The molecule has 2 heteroatoms. The maximum absolute atomic E-state index is 3.64. The second kappa shape index (κ2) is 7.46. The SMILES string of the molecule is CCC1CCC(N(C)CC2CCCC(C)(C)C2NC)CC1. The predicted octanol–water partition coefficient (Wildman–Crippen LogP) is 4.30. The van der Waals surface area contributed by atoms with Gasteiger partial charge in [-0.25, -0.2) is 0 Å². The summed E-state index contributed by atoms with van der Waals surface area (Å²) in [6.45, 7) is 8.55. The second-order valence-electron chi connectivity index (χ2n) is 8.43. The van der Waals surface area contributed by atoms with Crippen LogP contribution in [0.4, 0.5) is 0 Å². The highest BCUT2D eigenvalue weighted by Crippen LogP contribution is 2.39. The molecule has 0 aromatic rings. The molecule has 2 aliphatic carbocycles. The Morgan fingerprint density at radius 1 is 1.10 bits per heavy atom. The number of hydrogen-bond donors (Lipinski definition) is 1. The Morgan fingerprint density at radius 3 is 2.33 bits per heavy atom. The van der Waals surface area contributed by atoms with Crippen molar-refractivity contribution in [2.75, 3.05) is 20.6 Å². The quantitative estimate of drug-likeness (QED) is 0.813. The zero-order valence-corrected chi connectivity index (χ0v) is 15.1. The van der Waals surface area contributed by atoms with E-state index in [4.69, 9.17) is 0 Å². The second-order valence-corrected chi connectivity index (χ2v) is 8.43. The summed E-state index contributed by atoms with van der Waals surface area (Å²) in [6, 6.07) is 1.52. The van der Waals surface area contributed by atoms with Gasteiger partial charge in [-0.1, -0.05) is 33.6 Å². The van der Waals surface area contributed by atoms with Gasteiger partial charge in [0, 0.05) is 18.6 Å². The molecule has 0 saturated heterocycles. The number of nitrogens with one attached hydrogen (secondary N) is 1. The van der Waals surface area contributed by atoms with E-state index in [1.807, 2.05) is 0 Å². The van der Waals surface area contributed by atoms with E-state index in [1.165, 1.54) is 57.9 Å². The largest absolute Gasteiger partial charge is 0.316 e. The minimum atomic E-state index is 0.457. The highest BCUT2D eigenvalue weighted by molar-refractivity contribution is 4.94. The lowest BCUT2D eigenvalue weighted by molar-refractivity contribution is 0.0676. The first-order chi connectivity index (χ1) is 9.97. The van der Waals surface area contributed by atoms with Crippen molar-refractivity contribution >= 4 is 0 Å². The molecule has 0 spiro atoms. The zero-order valence-electron chi connectivity index (χ0n) is 15.1. The van der Waals surface area contributed by atoms with E-state index in [1.54, 1.807) is 0 Å². The average Bonchev–Trinajstić information content (AvgIpc) is 2.46. The Kier molecular flexibility index (Phi) is 6.14. The standard InChI is InChI=1S/C19H38N2/c1-6-15-9-11-17(12-10-15)21(5)14-16-8-7-13-19(2,3)18(16)20-4/h15-18,20H,6-14H2,1-5H3. The highest BCUT2D eigenvalue weighted by atomic mass is 15.1. The van der Waals surface area contributed by atoms with Crippen LogP contribution < -0.4 is 5.32 Å². The van der Waals surface area contributed by atoms with Gasteiger partial charge in [0.2, 0.25) is 0 Å². The Bertz CT molecular complexity index is 305. The first-order valence-electron chi connectivity index (χ1n) is 9.35. The third-order valence-electron chi connectivity index (χ3n) is 6.56. The Labute approximate surface area is 133 Å². The molecule has 0 bridgehead atoms. The van der Waals surface area contributed by atoms with Crippen LogP contribution in [-0.4, -0.2) is 37.6 Å². The molecule has 2 atom stereocenters. The van der Waals surface area contributed by atoms with Crippen LogP contribution >= 0.6 is 0 Å². The molecule has 1 N–H and O–H groups in total.